The number of methoxy groups -OCH3 is 1. The molecule has 21 heavy (non-hydrogen) atoms. The van der Waals surface area contributed by atoms with E-state index in [1.54, 1.807) is 7.11 Å². The molecule has 0 aromatic heterocycles. The summed E-state index contributed by atoms with van der Waals surface area (Å²) in [6.45, 7) is 8.50. The molecule has 118 valence electrons. The first-order valence-electron chi connectivity index (χ1n) is 8.14. The van der Waals surface area contributed by atoms with Crippen LogP contribution in [0.25, 0.3) is 0 Å². The van der Waals surface area contributed by atoms with Gasteiger partial charge >= 0.3 is 0 Å². The minimum absolute atomic E-state index is 0.343. The van der Waals surface area contributed by atoms with Gasteiger partial charge in [0.1, 0.15) is 5.75 Å². The molecule has 1 aromatic carbocycles. The zero-order chi connectivity index (χ0) is 15.2. The summed E-state index contributed by atoms with van der Waals surface area (Å²) < 4.78 is 11.3. The minimum atomic E-state index is 0.343. The van der Waals surface area contributed by atoms with Crippen LogP contribution < -0.4 is 10.1 Å². The lowest BCUT2D eigenvalue weighted by Gasteiger charge is -2.28. The van der Waals surface area contributed by atoms with E-state index in [0.29, 0.717) is 18.1 Å². The topological polar surface area (TPSA) is 30.5 Å². The fourth-order valence-corrected chi connectivity index (χ4v) is 3.29. The first-order valence-corrected chi connectivity index (χ1v) is 8.14. The van der Waals surface area contributed by atoms with Crippen molar-refractivity contribution in [2.24, 2.45) is 5.92 Å². The van der Waals surface area contributed by atoms with Crippen LogP contribution in [0.1, 0.15) is 37.8 Å². The molecule has 1 fully saturated rings. The van der Waals surface area contributed by atoms with Gasteiger partial charge in [-0.1, -0.05) is 24.6 Å². The molecular formula is C18H29NO2. The van der Waals surface area contributed by atoms with Crippen LogP contribution in [0, 0.1) is 12.8 Å². The second-order valence-electron chi connectivity index (χ2n) is 6.11. The Morgan fingerprint density at radius 3 is 2.86 bits per heavy atom. The van der Waals surface area contributed by atoms with Crippen molar-refractivity contribution in [3.8, 4) is 5.75 Å². The van der Waals surface area contributed by atoms with Crippen LogP contribution in [0.5, 0.6) is 5.75 Å². The molecule has 3 atom stereocenters. The Hall–Kier alpha value is -1.06. The molecule has 3 unspecified atom stereocenters. The Bertz CT molecular complexity index is 447. The Labute approximate surface area is 129 Å². The van der Waals surface area contributed by atoms with Crippen molar-refractivity contribution in [1.82, 2.24) is 5.32 Å². The van der Waals surface area contributed by atoms with Crippen molar-refractivity contribution in [2.75, 3.05) is 20.3 Å². The van der Waals surface area contributed by atoms with E-state index in [1.165, 1.54) is 11.1 Å². The number of rotatable bonds is 7. The van der Waals surface area contributed by atoms with Gasteiger partial charge < -0.3 is 14.8 Å². The molecule has 0 spiro atoms. The largest absolute Gasteiger partial charge is 0.496 e. The summed E-state index contributed by atoms with van der Waals surface area (Å²) in [4.78, 5) is 0. The van der Waals surface area contributed by atoms with Crippen LogP contribution in [0.3, 0.4) is 0 Å². The van der Waals surface area contributed by atoms with E-state index in [-0.39, 0.29) is 0 Å². The fourth-order valence-electron chi connectivity index (χ4n) is 3.29. The molecule has 0 aliphatic carbocycles. The average Bonchev–Trinajstić information content (AvgIpc) is 2.90. The van der Waals surface area contributed by atoms with Gasteiger partial charge in [0, 0.05) is 18.6 Å². The highest BCUT2D eigenvalue weighted by Gasteiger charge is 2.32. The quantitative estimate of drug-likeness (QED) is 0.836. The molecule has 3 heteroatoms. The smallest absolute Gasteiger partial charge is 0.122 e. The summed E-state index contributed by atoms with van der Waals surface area (Å²) in [5.41, 5.74) is 2.58. The van der Waals surface area contributed by atoms with Gasteiger partial charge in [0.05, 0.1) is 13.2 Å². The third-order valence-electron chi connectivity index (χ3n) is 4.48. The predicted molar refractivity (Wildman–Crippen MR) is 87.0 cm³/mol. The van der Waals surface area contributed by atoms with Gasteiger partial charge in [-0.05, 0) is 51.3 Å². The van der Waals surface area contributed by atoms with Gasteiger partial charge in [-0.25, -0.2) is 0 Å². The second-order valence-corrected chi connectivity index (χ2v) is 6.11. The Morgan fingerprint density at radius 1 is 1.43 bits per heavy atom. The van der Waals surface area contributed by atoms with Crippen molar-refractivity contribution < 1.29 is 9.47 Å². The molecule has 0 bridgehead atoms. The first kappa shape index (κ1) is 16.3. The molecule has 2 rings (SSSR count). The Kier molecular flexibility index (Phi) is 6.07. The van der Waals surface area contributed by atoms with E-state index in [9.17, 15) is 0 Å². The van der Waals surface area contributed by atoms with Gasteiger partial charge in [0.25, 0.3) is 0 Å². The van der Waals surface area contributed by atoms with Crippen LogP contribution in [-0.2, 0) is 11.2 Å². The molecule has 1 heterocycles. The zero-order valence-corrected chi connectivity index (χ0v) is 13.8. The highest BCUT2D eigenvalue weighted by molar-refractivity contribution is 5.37. The third-order valence-corrected chi connectivity index (χ3v) is 4.48. The molecule has 0 radical (unpaired) electrons. The number of nitrogens with one attached hydrogen (secondary N) is 1. The number of ether oxygens (including phenoxy) is 2. The summed E-state index contributed by atoms with van der Waals surface area (Å²) in [6, 6.07) is 6.90. The SMILES string of the molecule is CCCNC(Cc1cc(C)ccc1OC)C1CCOC1C. The summed E-state index contributed by atoms with van der Waals surface area (Å²) in [6.07, 6.45) is 3.65. The molecule has 0 amide bonds. The van der Waals surface area contributed by atoms with Crippen molar-refractivity contribution >= 4 is 0 Å². The monoisotopic (exact) mass is 291 g/mol. The van der Waals surface area contributed by atoms with E-state index >= 15 is 0 Å². The highest BCUT2D eigenvalue weighted by Crippen LogP contribution is 2.29. The molecular weight excluding hydrogens is 262 g/mol. The van der Waals surface area contributed by atoms with Crippen molar-refractivity contribution in [3.05, 3.63) is 29.3 Å². The lowest BCUT2D eigenvalue weighted by molar-refractivity contribution is 0.0953. The van der Waals surface area contributed by atoms with E-state index in [4.69, 9.17) is 9.47 Å². The van der Waals surface area contributed by atoms with Gasteiger partial charge in [-0.2, -0.15) is 0 Å². The lowest BCUT2D eigenvalue weighted by atomic mass is 9.88. The van der Waals surface area contributed by atoms with E-state index in [0.717, 1.165) is 38.2 Å². The van der Waals surface area contributed by atoms with Gasteiger partial charge in [0.15, 0.2) is 0 Å². The standard InChI is InChI=1S/C18H29NO2/c1-5-9-19-17(16-8-10-21-14(16)3)12-15-11-13(2)6-7-18(15)20-4/h6-7,11,14,16-17,19H,5,8-10,12H2,1-4H3. The van der Waals surface area contributed by atoms with Crippen LogP contribution in [0.4, 0.5) is 0 Å². The van der Waals surface area contributed by atoms with E-state index < -0.39 is 0 Å². The summed E-state index contributed by atoms with van der Waals surface area (Å²) in [5, 5.41) is 3.73. The highest BCUT2D eigenvalue weighted by atomic mass is 16.5. The first-order chi connectivity index (χ1) is 10.2. The maximum Gasteiger partial charge on any atom is 0.122 e. The lowest BCUT2D eigenvalue weighted by Crippen LogP contribution is -2.41. The molecule has 1 aliphatic rings. The maximum atomic E-state index is 5.77. The average molecular weight is 291 g/mol. The van der Waals surface area contributed by atoms with Crippen LogP contribution in [0.15, 0.2) is 18.2 Å². The van der Waals surface area contributed by atoms with Gasteiger partial charge in [0.2, 0.25) is 0 Å². The normalized spacial score (nSPS) is 23.2. The maximum absolute atomic E-state index is 5.77. The number of hydrogen-bond acceptors (Lipinski definition) is 3. The molecule has 1 aromatic rings. The van der Waals surface area contributed by atoms with Crippen LogP contribution in [-0.4, -0.2) is 32.4 Å². The van der Waals surface area contributed by atoms with Crippen molar-refractivity contribution in [1.29, 1.82) is 0 Å². The zero-order valence-electron chi connectivity index (χ0n) is 13.8. The Morgan fingerprint density at radius 2 is 2.24 bits per heavy atom. The number of aryl methyl sites for hydroxylation is 1. The summed E-state index contributed by atoms with van der Waals surface area (Å²) >= 11 is 0. The Balaban J connectivity index is 2.15. The molecule has 0 saturated carbocycles. The third kappa shape index (κ3) is 4.21. The van der Waals surface area contributed by atoms with Gasteiger partial charge in [-0.15, -0.1) is 0 Å². The molecule has 1 saturated heterocycles. The second kappa shape index (κ2) is 7.81. The van der Waals surface area contributed by atoms with E-state index in [2.05, 4.69) is 44.3 Å². The van der Waals surface area contributed by atoms with Crippen molar-refractivity contribution in [2.45, 2.75) is 52.2 Å². The summed E-state index contributed by atoms with van der Waals surface area (Å²) in [5.74, 6) is 1.58. The molecule has 1 aliphatic heterocycles. The van der Waals surface area contributed by atoms with Gasteiger partial charge in [-0.3, -0.25) is 0 Å². The molecule has 3 nitrogen and oxygen atoms in total. The number of benzene rings is 1. The van der Waals surface area contributed by atoms with Crippen LogP contribution in [0.2, 0.25) is 0 Å². The van der Waals surface area contributed by atoms with Crippen LogP contribution >= 0.6 is 0 Å². The minimum Gasteiger partial charge on any atom is -0.496 e. The fraction of sp³-hybridized carbons (Fsp3) is 0.667. The van der Waals surface area contributed by atoms with Crippen molar-refractivity contribution in [3.63, 3.8) is 0 Å². The summed E-state index contributed by atoms with van der Waals surface area (Å²) in [7, 11) is 1.75. The molecule has 1 N–H and O–H groups in total. The predicted octanol–water partition coefficient (Wildman–Crippen LogP) is 3.34. The van der Waals surface area contributed by atoms with E-state index in [1.807, 2.05) is 0 Å². The number of hydrogen-bond donors (Lipinski definition) is 1.